The van der Waals surface area contributed by atoms with E-state index in [0.29, 0.717) is 11.8 Å². The Morgan fingerprint density at radius 2 is 1.94 bits per heavy atom. The SMILES string of the molecule is COc1ccc(C2C(CN)C2(C)C)c(OC)c1. The first kappa shape index (κ1) is 12.2. The van der Waals surface area contributed by atoms with Crippen molar-refractivity contribution in [2.45, 2.75) is 19.8 Å². The molecule has 1 aromatic carbocycles. The van der Waals surface area contributed by atoms with Crippen molar-refractivity contribution in [3.8, 4) is 11.5 Å². The average Bonchev–Trinajstić information content (AvgIpc) is 2.89. The van der Waals surface area contributed by atoms with Crippen LogP contribution in [0.4, 0.5) is 0 Å². The minimum atomic E-state index is 0.274. The molecule has 0 aliphatic heterocycles. The van der Waals surface area contributed by atoms with Gasteiger partial charge in [-0.15, -0.1) is 0 Å². The van der Waals surface area contributed by atoms with Crippen LogP contribution in [0.2, 0.25) is 0 Å². The van der Waals surface area contributed by atoms with Crippen molar-refractivity contribution in [3.05, 3.63) is 23.8 Å². The van der Waals surface area contributed by atoms with E-state index < -0.39 is 0 Å². The topological polar surface area (TPSA) is 44.5 Å². The van der Waals surface area contributed by atoms with Crippen molar-refractivity contribution in [1.82, 2.24) is 0 Å². The normalized spacial score (nSPS) is 25.5. The summed E-state index contributed by atoms with van der Waals surface area (Å²) in [6, 6.07) is 6.02. The van der Waals surface area contributed by atoms with Gasteiger partial charge in [-0.3, -0.25) is 0 Å². The fourth-order valence-electron chi connectivity index (χ4n) is 2.88. The molecule has 0 bridgehead atoms. The molecule has 1 saturated carbocycles. The Hall–Kier alpha value is -1.22. The summed E-state index contributed by atoms with van der Waals surface area (Å²) in [6.45, 7) is 5.25. The summed E-state index contributed by atoms with van der Waals surface area (Å²) in [4.78, 5) is 0. The van der Waals surface area contributed by atoms with E-state index in [9.17, 15) is 0 Å². The molecule has 3 heteroatoms. The number of methoxy groups -OCH3 is 2. The van der Waals surface area contributed by atoms with E-state index >= 15 is 0 Å². The van der Waals surface area contributed by atoms with Crippen LogP contribution in [-0.2, 0) is 0 Å². The van der Waals surface area contributed by atoms with Crippen molar-refractivity contribution in [2.24, 2.45) is 17.1 Å². The molecule has 3 nitrogen and oxygen atoms in total. The van der Waals surface area contributed by atoms with Crippen molar-refractivity contribution >= 4 is 0 Å². The molecule has 17 heavy (non-hydrogen) atoms. The van der Waals surface area contributed by atoms with E-state index in [4.69, 9.17) is 15.2 Å². The quantitative estimate of drug-likeness (QED) is 0.871. The molecule has 0 spiro atoms. The summed E-state index contributed by atoms with van der Waals surface area (Å²) in [5.74, 6) is 2.77. The monoisotopic (exact) mass is 235 g/mol. The molecule has 2 atom stereocenters. The molecule has 1 fully saturated rings. The standard InChI is InChI=1S/C14H21NO2/c1-14(2)11(8-15)13(14)10-6-5-9(16-3)7-12(10)17-4/h5-7,11,13H,8,15H2,1-4H3. The molecule has 1 aliphatic rings. The van der Waals surface area contributed by atoms with Crippen LogP contribution in [0.15, 0.2) is 18.2 Å². The van der Waals surface area contributed by atoms with Gasteiger partial charge in [-0.1, -0.05) is 19.9 Å². The first-order valence-corrected chi connectivity index (χ1v) is 5.98. The van der Waals surface area contributed by atoms with Gasteiger partial charge in [0.25, 0.3) is 0 Å². The Balaban J connectivity index is 2.34. The number of ether oxygens (including phenoxy) is 2. The molecule has 0 heterocycles. The number of hydrogen-bond acceptors (Lipinski definition) is 3. The second-order valence-corrected chi connectivity index (χ2v) is 5.25. The van der Waals surface area contributed by atoms with Crippen LogP contribution in [0.3, 0.4) is 0 Å². The summed E-state index contributed by atoms with van der Waals surface area (Å²) in [7, 11) is 3.36. The third-order valence-electron chi connectivity index (χ3n) is 4.08. The lowest BCUT2D eigenvalue weighted by molar-refractivity contribution is 0.390. The van der Waals surface area contributed by atoms with Crippen LogP contribution < -0.4 is 15.2 Å². The molecule has 0 aromatic heterocycles. The van der Waals surface area contributed by atoms with Gasteiger partial charge in [0.2, 0.25) is 0 Å². The fraction of sp³-hybridized carbons (Fsp3) is 0.571. The van der Waals surface area contributed by atoms with Gasteiger partial charge in [-0.05, 0) is 35.4 Å². The number of nitrogens with two attached hydrogens (primary N) is 1. The highest BCUT2D eigenvalue weighted by Crippen LogP contribution is 2.65. The molecular weight excluding hydrogens is 214 g/mol. The zero-order chi connectivity index (χ0) is 12.6. The maximum absolute atomic E-state index is 5.82. The van der Waals surface area contributed by atoms with Crippen molar-refractivity contribution < 1.29 is 9.47 Å². The van der Waals surface area contributed by atoms with Gasteiger partial charge in [-0.25, -0.2) is 0 Å². The average molecular weight is 235 g/mol. The van der Waals surface area contributed by atoms with E-state index in [1.54, 1.807) is 14.2 Å². The third kappa shape index (κ3) is 1.89. The van der Waals surface area contributed by atoms with Crippen LogP contribution >= 0.6 is 0 Å². The number of hydrogen-bond donors (Lipinski definition) is 1. The van der Waals surface area contributed by atoms with Crippen molar-refractivity contribution in [3.63, 3.8) is 0 Å². The van der Waals surface area contributed by atoms with Crippen molar-refractivity contribution in [1.29, 1.82) is 0 Å². The lowest BCUT2D eigenvalue weighted by atomic mass is 10.0. The Morgan fingerprint density at radius 1 is 1.24 bits per heavy atom. The molecule has 0 amide bonds. The van der Waals surface area contributed by atoms with Gasteiger partial charge >= 0.3 is 0 Å². The van der Waals surface area contributed by atoms with Gasteiger partial charge in [0.1, 0.15) is 11.5 Å². The Bertz CT molecular complexity index is 415. The first-order chi connectivity index (χ1) is 8.06. The molecular formula is C14H21NO2. The second-order valence-electron chi connectivity index (χ2n) is 5.25. The highest BCUT2D eigenvalue weighted by atomic mass is 16.5. The summed E-state index contributed by atoms with van der Waals surface area (Å²) >= 11 is 0. The number of rotatable bonds is 4. The molecule has 1 aromatic rings. The molecule has 2 N–H and O–H groups in total. The first-order valence-electron chi connectivity index (χ1n) is 5.98. The molecule has 2 unspecified atom stereocenters. The van der Waals surface area contributed by atoms with Gasteiger partial charge < -0.3 is 15.2 Å². The van der Waals surface area contributed by atoms with E-state index in [-0.39, 0.29) is 5.41 Å². The van der Waals surface area contributed by atoms with Gasteiger partial charge in [0.15, 0.2) is 0 Å². The lowest BCUT2D eigenvalue weighted by Crippen LogP contribution is -2.05. The summed E-state index contributed by atoms with van der Waals surface area (Å²) in [5.41, 5.74) is 7.34. The Labute approximate surface area is 103 Å². The van der Waals surface area contributed by atoms with Crippen molar-refractivity contribution in [2.75, 3.05) is 20.8 Å². The van der Waals surface area contributed by atoms with E-state index in [0.717, 1.165) is 18.0 Å². The molecule has 1 aliphatic carbocycles. The van der Waals surface area contributed by atoms with Gasteiger partial charge in [-0.2, -0.15) is 0 Å². The summed E-state index contributed by atoms with van der Waals surface area (Å²) in [6.07, 6.45) is 0. The molecule has 2 rings (SSSR count). The van der Waals surface area contributed by atoms with E-state index in [1.807, 2.05) is 12.1 Å². The number of benzene rings is 1. The Kier molecular flexibility index (Phi) is 3.04. The summed E-state index contributed by atoms with van der Waals surface area (Å²) in [5, 5.41) is 0. The van der Waals surface area contributed by atoms with Crippen LogP contribution in [0.25, 0.3) is 0 Å². The summed E-state index contributed by atoms with van der Waals surface area (Å²) < 4.78 is 10.7. The van der Waals surface area contributed by atoms with E-state index in [1.165, 1.54) is 5.56 Å². The predicted molar refractivity (Wildman–Crippen MR) is 68.6 cm³/mol. The Morgan fingerprint density at radius 3 is 2.41 bits per heavy atom. The lowest BCUT2D eigenvalue weighted by Gasteiger charge is -2.11. The van der Waals surface area contributed by atoms with Gasteiger partial charge in [0.05, 0.1) is 14.2 Å². The third-order valence-corrected chi connectivity index (χ3v) is 4.08. The van der Waals surface area contributed by atoms with Crippen LogP contribution in [-0.4, -0.2) is 20.8 Å². The smallest absolute Gasteiger partial charge is 0.126 e. The highest BCUT2D eigenvalue weighted by molar-refractivity contribution is 5.47. The fourth-order valence-corrected chi connectivity index (χ4v) is 2.88. The minimum Gasteiger partial charge on any atom is -0.497 e. The molecule has 0 radical (unpaired) electrons. The highest BCUT2D eigenvalue weighted by Gasteiger charge is 2.58. The zero-order valence-electron chi connectivity index (χ0n) is 11.0. The molecule has 0 saturated heterocycles. The molecule has 94 valence electrons. The maximum Gasteiger partial charge on any atom is 0.126 e. The van der Waals surface area contributed by atoms with Crippen LogP contribution in [0.5, 0.6) is 11.5 Å². The van der Waals surface area contributed by atoms with Crippen LogP contribution in [0.1, 0.15) is 25.3 Å². The van der Waals surface area contributed by atoms with Crippen LogP contribution in [0, 0.1) is 11.3 Å². The maximum atomic E-state index is 5.82. The predicted octanol–water partition coefficient (Wildman–Crippen LogP) is 2.40. The second kappa shape index (κ2) is 4.22. The minimum absolute atomic E-state index is 0.274. The zero-order valence-corrected chi connectivity index (χ0v) is 11.0. The van der Waals surface area contributed by atoms with E-state index in [2.05, 4.69) is 19.9 Å². The van der Waals surface area contributed by atoms with Gasteiger partial charge in [0, 0.05) is 6.07 Å². The largest absolute Gasteiger partial charge is 0.497 e.